The molecule has 1 heteroatoms. The number of hydrogen-bond donors (Lipinski definition) is 0. The molecule has 2 saturated carbocycles. The SMILES string of the molecule is O=C1CC2C3C=CC=CC1C32. The minimum absolute atomic E-state index is 0.278. The molecule has 3 rings (SSSR count). The van der Waals surface area contributed by atoms with Crippen LogP contribution < -0.4 is 0 Å². The Balaban J connectivity index is 2.03. The first-order valence-corrected chi connectivity index (χ1v) is 4.25. The van der Waals surface area contributed by atoms with Gasteiger partial charge in [-0.2, -0.15) is 0 Å². The summed E-state index contributed by atoms with van der Waals surface area (Å²) in [6.45, 7) is 0. The highest BCUT2D eigenvalue weighted by Crippen LogP contribution is 2.60. The molecular formula is C10H10O. The average molecular weight is 146 g/mol. The molecule has 4 atom stereocenters. The zero-order chi connectivity index (χ0) is 7.42. The fourth-order valence-electron chi connectivity index (χ4n) is 2.67. The summed E-state index contributed by atoms with van der Waals surface area (Å²) in [7, 11) is 0. The average Bonchev–Trinajstić information content (AvgIpc) is 2.58. The van der Waals surface area contributed by atoms with Crippen molar-refractivity contribution in [3.8, 4) is 0 Å². The Morgan fingerprint density at radius 2 is 2.09 bits per heavy atom. The highest BCUT2D eigenvalue weighted by Gasteiger charge is 2.59. The molecule has 3 aliphatic carbocycles. The van der Waals surface area contributed by atoms with Crippen molar-refractivity contribution in [2.24, 2.45) is 23.7 Å². The smallest absolute Gasteiger partial charge is 0.140 e. The number of Topliss-reactive ketones (excluding diaryl/α,β-unsaturated/α-hetero) is 1. The van der Waals surface area contributed by atoms with Gasteiger partial charge in [0, 0.05) is 12.3 Å². The van der Waals surface area contributed by atoms with Gasteiger partial charge in [0.05, 0.1) is 0 Å². The van der Waals surface area contributed by atoms with Gasteiger partial charge < -0.3 is 0 Å². The van der Waals surface area contributed by atoms with E-state index in [9.17, 15) is 4.79 Å². The van der Waals surface area contributed by atoms with Crippen LogP contribution in [-0.2, 0) is 4.79 Å². The van der Waals surface area contributed by atoms with Gasteiger partial charge in [-0.25, -0.2) is 0 Å². The summed E-state index contributed by atoms with van der Waals surface area (Å²) in [5.74, 6) is 2.90. The molecule has 3 aliphatic rings. The predicted octanol–water partition coefficient (Wildman–Crippen LogP) is 1.56. The van der Waals surface area contributed by atoms with Crippen LogP contribution >= 0.6 is 0 Å². The third-order valence-electron chi connectivity index (χ3n) is 3.28. The van der Waals surface area contributed by atoms with E-state index in [0.717, 1.165) is 12.3 Å². The third-order valence-corrected chi connectivity index (χ3v) is 3.28. The van der Waals surface area contributed by atoms with E-state index in [4.69, 9.17) is 0 Å². The molecule has 0 aliphatic heterocycles. The van der Waals surface area contributed by atoms with Gasteiger partial charge in [-0.05, 0) is 17.8 Å². The molecule has 2 fully saturated rings. The summed E-state index contributed by atoms with van der Waals surface area (Å²) in [6, 6.07) is 0. The molecule has 0 radical (unpaired) electrons. The van der Waals surface area contributed by atoms with Crippen LogP contribution in [0.25, 0.3) is 0 Å². The van der Waals surface area contributed by atoms with Gasteiger partial charge in [-0.15, -0.1) is 0 Å². The number of hydrogen-bond acceptors (Lipinski definition) is 1. The van der Waals surface area contributed by atoms with E-state index in [1.165, 1.54) is 0 Å². The van der Waals surface area contributed by atoms with Gasteiger partial charge in [0.2, 0.25) is 0 Å². The van der Waals surface area contributed by atoms with E-state index in [2.05, 4.69) is 18.2 Å². The van der Waals surface area contributed by atoms with Gasteiger partial charge in [-0.1, -0.05) is 24.3 Å². The van der Waals surface area contributed by atoms with Crippen LogP contribution in [0.4, 0.5) is 0 Å². The van der Waals surface area contributed by atoms with E-state index in [1.807, 2.05) is 6.08 Å². The van der Waals surface area contributed by atoms with Crippen molar-refractivity contribution in [1.29, 1.82) is 0 Å². The van der Waals surface area contributed by atoms with E-state index < -0.39 is 0 Å². The lowest BCUT2D eigenvalue weighted by Gasteiger charge is -2.03. The Morgan fingerprint density at radius 1 is 1.27 bits per heavy atom. The molecule has 0 aromatic carbocycles. The second kappa shape index (κ2) is 1.66. The first-order valence-electron chi connectivity index (χ1n) is 4.25. The van der Waals surface area contributed by atoms with Gasteiger partial charge in [-0.3, -0.25) is 4.79 Å². The number of allylic oxidation sites excluding steroid dienone is 4. The maximum Gasteiger partial charge on any atom is 0.140 e. The second-order valence-electron chi connectivity index (χ2n) is 3.78. The monoisotopic (exact) mass is 146 g/mol. The van der Waals surface area contributed by atoms with E-state index in [-0.39, 0.29) is 5.92 Å². The van der Waals surface area contributed by atoms with Crippen molar-refractivity contribution < 1.29 is 4.79 Å². The Labute approximate surface area is 65.8 Å². The fraction of sp³-hybridized carbons (Fsp3) is 0.500. The fourth-order valence-corrected chi connectivity index (χ4v) is 2.67. The molecule has 0 saturated heterocycles. The van der Waals surface area contributed by atoms with Gasteiger partial charge in [0.15, 0.2) is 0 Å². The van der Waals surface area contributed by atoms with Crippen molar-refractivity contribution in [2.45, 2.75) is 6.42 Å². The molecule has 0 aromatic heterocycles. The Hall–Kier alpha value is -0.850. The Bertz CT molecular complexity index is 275. The Kier molecular flexibility index (Phi) is 0.867. The van der Waals surface area contributed by atoms with Crippen LogP contribution in [0.5, 0.6) is 0 Å². The van der Waals surface area contributed by atoms with Gasteiger partial charge >= 0.3 is 0 Å². The molecule has 0 aromatic rings. The number of rotatable bonds is 0. The molecule has 0 amide bonds. The highest BCUT2D eigenvalue weighted by atomic mass is 16.1. The molecule has 56 valence electrons. The third kappa shape index (κ3) is 0.590. The second-order valence-corrected chi connectivity index (χ2v) is 3.78. The lowest BCUT2D eigenvalue weighted by atomic mass is 10.00. The summed E-state index contributed by atoms with van der Waals surface area (Å²) in [5, 5.41) is 0. The molecule has 0 spiro atoms. The van der Waals surface area contributed by atoms with Crippen molar-refractivity contribution in [3.63, 3.8) is 0 Å². The predicted molar refractivity (Wildman–Crippen MR) is 41.9 cm³/mol. The molecule has 11 heavy (non-hydrogen) atoms. The van der Waals surface area contributed by atoms with Crippen molar-refractivity contribution in [3.05, 3.63) is 24.3 Å². The number of carbonyl (C=O) groups excluding carboxylic acids is 1. The van der Waals surface area contributed by atoms with Crippen LogP contribution in [0.2, 0.25) is 0 Å². The maximum atomic E-state index is 11.3. The topological polar surface area (TPSA) is 17.1 Å². The van der Waals surface area contributed by atoms with Gasteiger partial charge in [0.1, 0.15) is 5.78 Å². The summed E-state index contributed by atoms with van der Waals surface area (Å²) in [4.78, 5) is 11.3. The number of ketones is 1. The largest absolute Gasteiger partial charge is 0.299 e. The minimum atomic E-state index is 0.278. The molecule has 0 heterocycles. The lowest BCUT2D eigenvalue weighted by molar-refractivity contribution is -0.120. The maximum absolute atomic E-state index is 11.3. The zero-order valence-corrected chi connectivity index (χ0v) is 6.23. The standard InChI is InChI=1S/C10H10O/c11-9-5-8-6-3-1-2-4-7(9)10(6)8/h1-4,6-8,10H,5H2. The van der Waals surface area contributed by atoms with Crippen LogP contribution in [0.3, 0.4) is 0 Å². The highest BCUT2D eigenvalue weighted by molar-refractivity contribution is 5.87. The number of carbonyl (C=O) groups is 1. The van der Waals surface area contributed by atoms with E-state index >= 15 is 0 Å². The Morgan fingerprint density at radius 3 is 3.00 bits per heavy atom. The molecule has 0 bridgehead atoms. The summed E-state index contributed by atoms with van der Waals surface area (Å²) in [5.41, 5.74) is 0. The minimum Gasteiger partial charge on any atom is -0.299 e. The first kappa shape index (κ1) is 5.76. The van der Waals surface area contributed by atoms with E-state index in [0.29, 0.717) is 17.6 Å². The summed E-state index contributed by atoms with van der Waals surface area (Å²) in [6.07, 6.45) is 9.30. The lowest BCUT2D eigenvalue weighted by Crippen LogP contribution is -2.09. The van der Waals surface area contributed by atoms with Crippen molar-refractivity contribution in [1.82, 2.24) is 0 Å². The zero-order valence-electron chi connectivity index (χ0n) is 6.23. The van der Waals surface area contributed by atoms with E-state index in [1.54, 1.807) is 0 Å². The van der Waals surface area contributed by atoms with Gasteiger partial charge in [0.25, 0.3) is 0 Å². The van der Waals surface area contributed by atoms with Crippen LogP contribution in [0.1, 0.15) is 6.42 Å². The molecular weight excluding hydrogens is 136 g/mol. The normalized spacial score (nSPS) is 50.7. The van der Waals surface area contributed by atoms with Crippen LogP contribution in [-0.4, -0.2) is 5.78 Å². The van der Waals surface area contributed by atoms with Crippen molar-refractivity contribution >= 4 is 5.78 Å². The molecule has 0 N–H and O–H groups in total. The van der Waals surface area contributed by atoms with Crippen LogP contribution in [0.15, 0.2) is 24.3 Å². The summed E-state index contributed by atoms with van der Waals surface area (Å²) < 4.78 is 0. The quantitative estimate of drug-likeness (QED) is 0.507. The number of fused-ring (bicyclic) bond motifs is 1. The molecule has 4 unspecified atom stereocenters. The molecule has 1 nitrogen and oxygen atoms in total. The first-order chi connectivity index (χ1) is 5.38. The summed E-state index contributed by atoms with van der Waals surface area (Å²) >= 11 is 0. The van der Waals surface area contributed by atoms with Crippen LogP contribution in [0, 0.1) is 23.7 Å². The van der Waals surface area contributed by atoms with Crippen molar-refractivity contribution in [2.75, 3.05) is 0 Å².